The molecule has 0 atom stereocenters. The maximum absolute atomic E-state index is 12.5. The first-order valence-corrected chi connectivity index (χ1v) is 7.94. The van der Waals surface area contributed by atoms with Gasteiger partial charge in [0.05, 0.1) is 19.8 Å². The number of morpholine rings is 1. The Hall–Kier alpha value is -1.40. The zero-order chi connectivity index (χ0) is 16.2. The molecule has 6 nitrogen and oxygen atoms in total. The van der Waals surface area contributed by atoms with E-state index in [0.717, 1.165) is 32.1 Å². The van der Waals surface area contributed by atoms with Gasteiger partial charge in [0.1, 0.15) is 0 Å². The summed E-state index contributed by atoms with van der Waals surface area (Å²) in [4.78, 5) is 16.6. The van der Waals surface area contributed by atoms with Crippen LogP contribution in [0.4, 0.5) is 0 Å². The minimum Gasteiger partial charge on any atom is -0.379 e. The van der Waals surface area contributed by atoms with Crippen LogP contribution in [-0.4, -0.2) is 60.3 Å². The number of hydrogen-bond donors (Lipinski definition) is 0. The van der Waals surface area contributed by atoms with Crippen LogP contribution in [0.15, 0.2) is 10.6 Å². The number of carbonyl (C=O) groups excluding carboxylic acids is 1. The smallest absolute Gasteiger partial charge is 0.276 e. The van der Waals surface area contributed by atoms with Crippen LogP contribution in [0.3, 0.4) is 0 Å². The molecule has 0 aliphatic carbocycles. The molecule has 1 fully saturated rings. The summed E-state index contributed by atoms with van der Waals surface area (Å²) in [7, 11) is 0. The quantitative estimate of drug-likeness (QED) is 0.833. The molecule has 2 rings (SSSR count). The maximum atomic E-state index is 12.5. The topological polar surface area (TPSA) is 58.8 Å². The van der Waals surface area contributed by atoms with E-state index in [4.69, 9.17) is 9.26 Å². The Kier molecular flexibility index (Phi) is 5.58. The molecule has 0 aromatic carbocycles. The fraction of sp³-hybridized carbons (Fsp3) is 0.750. The molecule has 6 heteroatoms. The lowest BCUT2D eigenvalue weighted by molar-refractivity contribution is 0.0305. The van der Waals surface area contributed by atoms with Gasteiger partial charge in [-0.2, -0.15) is 0 Å². The van der Waals surface area contributed by atoms with Crippen LogP contribution in [0, 0.1) is 5.41 Å². The van der Waals surface area contributed by atoms with Crippen molar-refractivity contribution in [2.45, 2.75) is 34.2 Å². The Balaban J connectivity index is 1.98. The second kappa shape index (κ2) is 7.24. The summed E-state index contributed by atoms with van der Waals surface area (Å²) >= 11 is 0. The Morgan fingerprint density at radius 1 is 1.36 bits per heavy atom. The molecular formula is C16H27N3O3. The first-order valence-electron chi connectivity index (χ1n) is 7.94. The van der Waals surface area contributed by atoms with E-state index in [9.17, 15) is 4.79 Å². The minimum atomic E-state index is -0.0607. The molecule has 1 aromatic heterocycles. The van der Waals surface area contributed by atoms with Gasteiger partial charge in [0.2, 0.25) is 0 Å². The summed E-state index contributed by atoms with van der Waals surface area (Å²) < 4.78 is 10.7. The highest BCUT2D eigenvalue weighted by molar-refractivity contribution is 5.92. The van der Waals surface area contributed by atoms with E-state index in [1.807, 2.05) is 11.8 Å². The van der Waals surface area contributed by atoms with Crippen LogP contribution in [0.1, 0.15) is 43.9 Å². The summed E-state index contributed by atoms with van der Waals surface area (Å²) in [6.45, 7) is 13.7. The van der Waals surface area contributed by atoms with E-state index >= 15 is 0 Å². The largest absolute Gasteiger partial charge is 0.379 e. The highest BCUT2D eigenvalue weighted by Crippen LogP contribution is 2.17. The lowest BCUT2D eigenvalue weighted by atomic mass is 9.96. The average Bonchev–Trinajstić information content (AvgIpc) is 2.92. The van der Waals surface area contributed by atoms with Crippen molar-refractivity contribution in [1.29, 1.82) is 0 Å². The predicted octanol–water partition coefficient (Wildman–Crippen LogP) is 2.01. The first kappa shape index (κ1) is 17.0. The van der Waals surface area contributed by atoms with Crippen LogP contribution in [-0.2, 0) is 11.3 Å². The van der Waals surface area contributed by atoms with E-state index in [-0.39, 0.29) is 11.3 Å². The Labute approximate surface area is 132 Å². The molecule has 2 heterocycles. The highest BCUT2D eigenvalue weighted by Gasteiger charge is 2.24. The molecule has 0 saturated carbocycles. The van der Waals surface area contributed by atoms with Gasteiger partial charge in [0.25, 0.3) is 5.91 Å². The van der Waals surface area contributed by atoms with E-state index in [1.54, 1.807) is 6.07 Å². The summed E-state index contributed by atoms with van der Waals surface area (Å²) in [5.41, 5.74) is 0.459. The number of hydrogen-bond acceptors (Lipinski definition) is 5. The van der Waals surface area contributed by atoms with Crippen molar-refractivity contribution < 1.29 is 14.1 Å². The van der Waals surface area contributed by atoms with Gasteiger partial charge in [-0.25, -0.2) is 0 Å². The monoisotopic (exact) mass is 309 g/mol. The van der Waals surface area contributed by atoms with E-state index in [2.05, 4.69) is 30.8 Å². The number of amides is 1. The summed E-state index contributed by atoms with van der Waals surface area (Å²) in [5.74, 6) is 0.673. The second-order valence-electron chi connectivity index (χ2n) is 6.95. The van der Waals surface area contributed by atoms with Crippen molar-refractivity contribution >= 4 is 5.91 Å². The fourth-order valence-corrected chi connectivity index (χ4v) is 2.53. The van der Waals surface area contributed by atoms with Gasteiger partial charge >= 0.3 is 0 Å². The predicted molar refractivity (Wildman–Crippen MR) is 83.6 cm³/mol. The summed E-state index contributed by atoms with van der Waals surface area (Å²) in [5, 5.41) is 3.96. The molecule has 22 heavy (non-hydrogen) atoms. The molecule has 0 spiro atoms. The molecule has 1 amide bonds. The molecule has 1 aromatic rings. The fourth-order valence-electron chi connectivity index (χ4n) is 2.53. The van der Waals surface area contributed by atoms with Crippen molar-refractivity contribution in [1.82, 2.24) is 15.0 Å². The first-order chi connectivity index (χ1) is 10.4. The zero-order valence-corrected chi connectivity index (χ0v) is 14.1. The normalized spacial score (nSPS) is 16.7. The van der Waals surface area contributed by atoms with Gasteiger partial charge in [-0.3, -0.25) is 9.69 Å². The van der Waals surface area contributed by atoms with Gasteiger partial charge in [0, 0.05) is 32.2 Å². The van der Waals surface area contributed by atoms with E-state index in [1.165, 1.54) is 0 Å². The Morgan fingerprint density at radius 2 is 2.05 bits per heavy atom. The molecule has 1 aliphatic rings. The van der Waals surface area contributed by atoms with Crippen LogP contribution in [0.2, 0.25) is 0 Å². The number of nitrogens with zero attached hydrogens (tertiary/aromatic N) is 3. The van der Waals surface area contributed by atoms with Crippen molar-refractivity contribution in [3.05, 3.63) is 17.5 Å². The van der Waals surface area contributed by atoms with Gasteiger partial charge in [-0.15, -0.1) is 0 Å². The SMILES string of the molecule is CCN(CC(C)(C)C)C(=O)c1cc(CN2CCOCC2)on1. The van der Waals surface area contributed by atoms with Crippen LogP contribution in [0.5, 0.6) is 0 Å². The van der Waals surface area contributed by atoms with E-state index in [0.29, 0.717) is 25.3 Å². The van der Waals surface area contributed by atoms with Crippen molar-refractivity contribution in [3.8, 4) is 0 Å². The van der Waals surface area contributed by atoms with E-state index < -0.39 is 0 Å². The standard InChI is InChI=1S/C16H27N3O3/c1-5-19(12-16(2,3)4)15(20)14-10-13(22-17-14)11-18-6-8-21-9-7-18/h10H,5-9,11-12H2,1-4H3. The third-order valence-corrected chi connectivity index (χ3v) is 3.60. The molecule has 1 saturated heterocycles. The van der Waals surface area contributed by atoms with Gasteiger partial charge in [0.15, 0.2) is 11.5 Å². The second-order valence-corrected chi connectivity index (χ2v) is 6.95. The number of carbonyl (C=O) groups is 1. The van der Waals surface area contributed by atoms with Gasteiger partial charge in [-0.05, 0) is 12.3 Å². The molecule has 0 N–H and O–H groups in total. The third kappa shape index (κ3) is 4.81. The van der Waals surface area contributed by atoms with Crippen molar-refractivity contribution in [3.63, 3.8) is 0 Å². The summed E-state index contributed by atoms with van der Waals surface area (Å²) in [6.07, 6.45) is 0. The van der Waals surface area contributed by atoms with Crippen molar-refractivity contribution in [2.24, 2.45) is 5.41 Å². The lowest BCUT2D eigenvalue weighted by Gasteiger charge is -2.28. The Bertz CT molecular complexity index is 487. The van der Waals surface area contributed by atoms with Gasteiger partial charge in [-0.1, -0.05) is 25.9 Å². The number of rotatable bonds is 5. The highest BCUT2D eigenvalue weighted by atomic mass is 16.5. The molecule has 124 valence electrons. The number of ether oxygens (including phenoxy) is 1. The summed E-state index contributed by atoms with van der Waals surface area (Å²) in [6, 6.07) is 1.77. The number of aromatic nitrogens is 1. The van der Waals surface area contributed by atoms with Crippen LogP contribution < -0.4 is 0 Å². The van der Waals surface area contributed by atoms with Crippen LogP contribution in [0.25, 0.3) is 0 Å². The molecule has 0 bridgehead atoms. The molecule has 1 aliphatic heterocycles. The zero-order valence-electron chi connectivity index (χ0n) is 14.1. The minimum absolute atomic E-state index is 0.0607. The molecule has 0 unspecified atom stereocenters. The van der Waals surface area contributed by atoms with Gasteiger partial charge < -0.3 is 14.2 Å². The Morgan fingerprint density at radius 3 is 2.64 bits per heavy atom. The maximum Gasteiger partial charge on any atom is 0.276 e. The average molecular weight is 309 g/mol. The molecular weight excluding hydrogens is 282 g/mol. The third-order valence-electron chi connectivity index (χ3n) is 3.60. The lowest BCUT2D eigenvalue weighted by Crippen LogP contribution is -2.37. The van der Waals surface area contributed by atoms with Crippen molar-refractivity contribution in [2.75, 3.05) is 39.4 Å². The molecule has 0 radical (unpaired) electrons. The van der Waals surface area contributed by atoms with Crippen LogP contribution >= 0.6 is 0 Å².